The van der Waals surface area contributed by atoms with Gasteiger partial charge in [0.25, 0.3) is 0 Å². The Morgan fingerprint density at radius 1 is 1.15 bits per heavy atom. The molecule has 0 aromatic rings. The maximum absolute atomic E-state index is 11.4. The molecule has 4 bridgehead atoms. The molecule has 3 heteroatoms. The number of ether oxygens (including phenoxy) is 1. The van der Waals surface area contributed by atoms with Crippen LogP contribution in [0.5, 0.6) is 0 Å². The van der Waals surface area contributed by atoms with Crippen LogP contribution in [0.25, 0.3) is 0 Å². The fourth-order valence-corrected chi connectivity index (χ4v) is 5.59. The van der Waals surface area contributed by atoms with Gasteiger partial charge in [-0.3, -0.25) is 9.69 Å². The number of nitrogens with zero attached hydrogens (tertiary/aromatic N) is 1. The van der Waals surface area contributed by atoms with Crippen LogP contribution >= 0.6 is 0 Å². The van der Waals surface area contributed by atoms with Crippen LogP contribution in [0.1, 0.15) is 51.9 Å². The number of rotatable bonds is 6. The number of esters is 1. The van der Waals surface area contributed by atoms with Gasteiger partial charge in [-0.15, -0.1) is 0 Å². The molecule has 3 nitrogen and oxygen atoms in total. The minimum Gasteiger partial charge on any atom is -0.468 e. The normalized spacial score (nSPS) is 38.5. The third-order valence-corrected chi connectivity index (χ3v) is 6.15. The Balaban J connectivity index is 1.56. The summed E-state index contributed by atoms with van der Waals surface area (Å²) in [6.45, 7) is 4.61. The van der Waals surface area contributed by atoms with Crippen molar-refractivity contribution < 1.29 is 9.53 Å². The van der Waals surface area contributed by atoms with Gasteiger partial charge in [0.05, 0.1) is 13.7 Å². The van der Waals surface area contributed by atoms with Gasteiger partial charge in [-0.2, -0.15) is 0 Å². The maximum Gasteiger partial charge on any atom is 0.319 e. The largest absolute Gasteiger partial charge is 0.468 e. The van der Waals surface area contributed by atoms with Gasteiger partial charge in [0.1, 0.15) is 0 Å². The molecule has 0 spiro atoms. The summed E-state index contributed by atoms with van der Waals surface area (Å²) in [7, 11) is 1.48. The van der Waals surface area contributed by atoms with Crippen molar-refractivity contribution >= 4 is 5.97 Å². The lowest BCUT2D eigenvalue weighted by Gasteiger charge is -2.57. The average molecular weight is 279 g/mol. The lowest BCUT2D eigenvalue weighted by molar-refractivity contribution is -0.142. The van der Waals surface area contributed by atoms with Crippen LogP contribution in [0.2, 0.25) is 0 Å². The van der Waals surface area contributed by atoms with Crippen LogP contribution in [-0.4, -0.2) is 37.6 Å². The van der Waals surface area contributed by atoms with E-state index in [0.29, 0.717) is 12.0 Å². The van der Waals surface area contributed by atoms with Gasteiger partial charge in [0.2, 0.25) is 0 Å². The first-order valence-corrected chi connectivity index (χ1v) is 8.41. The smallest absolute Gasteiger partial charge is 0.319 e. The second kappa shape index (κ2) is 5.67. The summed E-state index contributed by atoms with van der Waals surface area (Å²) in [4.78, 5) is 13.7. The Morgan fingerprint density at radius 3 is 2.15 bits per heavy atom. The number of likely N-dealkylation sites (N-methyl/N-ethyl adjacent to an activating group) is 1. The van der Waals surface area contributed by atoms with Gasteiger partial charge in [-0.25, -0.2) is 0 Å². The van der Waals surface area contributed by atoms with Gasteiger partial charge in [0.15, 0.2) is 0 Å². The summed E-state index contributed by atoms with van der Waals surface area (Å²) >= 11 is 0. The Kier molecular flexibility index (Phi) is 4.07. The van der Waals surface area contributed by atoms with E-state index in [9.17, 15) is 4.79 Å². The van der Waals surface area contributed by atoms with Gasteiger partial charge in [-0.05, 0) is 81.2 Å². The molecule has 4 aliphatic rings. The van der Waals surface area contributed by atoms with Crippen LogP contribution in [0, 0.1) is 23.2 Å². The lowest BCUT2D eigenvalue weighted by Crippen LogP contribution is -2.47. The van der Waals surface area contributed by atoms with Crippen molar-refractivity contribution in [3.8, 4) is 0 Å². The molecule has 0 heterocycles. The SMILES string of the molecule is CCN(CCC12CC3CC(CC(C3)C1)C2)CC(=O)OC. The third-order valence-electron chi connectivity index (χ3n) is 6.15. The molecule has 0 aliphatic heterocycles. The van der Waals surface area contributed by atoms with Gasteiger partial charge < -0.3 is 4.74 Å². The zero-order valence-corrected chi connectivity index (χ0v) is 13.1. The molecule has 114 valence electrons. The number of hydrogen-bond donors (Lipinski definition) is 0. The Hall–Kier alpha value is -0.570. The predicted octanol–water partition coefficient (Wildman–Crippen LogP) is 3.09. The fourth-order valence-electron chi connectivity index (χ4n) is 5.59. The standard InChI is InChI=1S/C17H29NO2/c1-3-18(12-16(19)20-2)5-4-17-9-13-6-14(10-17)8-15(7-13)11-17/h13-15H,3-12H2,1-2H3. The Bertz CT molecular complexity index is 331. The third kappa shape index (κ3) is 2.88. The van der Waals surface area contributed by atoms with E-state index < -0.39 is 0 Å². The number of methoxy groups -OCH3 is 1. The highest BCUT2D eigenvalue weighted by atomic mass is 16.5. The monoisotopic (exact) mass is 279 g/mol. The summed E-state index contributed by atoms with van der Waals surface area (Å²) in [6, 6.07) is 0. The predicted molar refractivity (Wildman–Crippen MR) is 79.4 cm³/mol. The summed E-state index contributed by atoms with van der Waals surface area (Å²) in [6.07, 6.45) is 10.2. The minimum atomic E-state index is -0.0997. The molecule has 20 heavy (non-hydrogen) atoms. The first-order chi connectivity index (χ1) is 9.62. The molecule has 0 atom stereocenters. The van der Waals surface area contributed by atoms with Crippen molar-refractivity contribution in [2.45, 2.75) is 51.9 Å². The van der Waals surface area contributed by atoms with Crippen LogP contribution in [0.15, 0.2) is 0 Å². The van der Waals surface area contributed by atoms with Crippen LogP contribution < -0.4 is 0 Å². The molecule has 4 rings (SSSR count). The average Bonchev–Trinajstić information content (AvgIpc) is 2.41. The zero-order valence-electron chi connectivity index (χ0n) is 13.1. The quantitative estimate of drug-likeness (QED) is 0.700. The van der Waals surface area contributed by atoms with E-state index in [1.807, 2.05) is 0 Å². The topological polar surface area (TPSA) is 29.5 Å². The molecule has 4 saturated carbocycles. The van der Waals surface area contributed by atoms with E-state index in [1.54, 1.807) is 0 Å². The van der Waals surface area contributed by atoms with Gasteiger partial charge >= 0.3 is 5.97 Å². The van der Waals surface area contributed by atoms with Crippen LogP contribution in [0.3, 0.4) is 0 Å². The summed E-state index contributed by atoms with van der Waals surface area (Å²) < 4.78 is 4.80. The van der Waals surface area contributed by atoms with Crippen LogP contribution in [0.4, 0.5) is 0 Å². The molecule has 0 aromatic carbocycles. The zero-order chi connectivity index (χ0) is 14.2. The van der Waals surface area contributed by atoms with Crippen molar-refractivity contribution in [2.75, 3.05) is 26.7 Å². The number of carbonyl (C=O) groups is 1. The molecule has 4 fully saturated rings. The van der Waals surface area contributed by atoms with Crippen molar-refractivity contribution in [1.82, 2.24) is 4.90 Å². The summed E-state index contributed by atoms with van der Waals surface area (Å²) in [5.41, 5.74) is 0.623. The van der Waals surface area contributed by atoms with E-state index in [0.717, 1.165) is 30.8 Å². The number of hydrogen-bond acceptors (Lipinski definition) is 3. The first kappa shape index (κ1) is 14.4. The van der Waals surface area contributed by atoms with E-state index in [2.05, 4.69) is 11.8 Å². The molecule has 0 amide bonds. The second-order valence-electron chi connectivity index (χ2n) is 7.61. The van der Waals surface area contributed by atoms with E-state index in [1.165, 1.54) is 52.1 Å². The Labute approximate surface area is 123 Å². The molecule has 0 aromatic heterocycles. The van der Waals surface area contributed by atoms with Crippen LogP contribution in [-0.2, 0) is 9.53 Å². The molecule has 4 aliphatic carbocycles. The van der Waals surface area contributed by atoms with Crippen molar-refractivity contribution in [2.24, 2.45) is 23.2 Å². The molecule has 0 unspecified atom stereocenters. The van der Waals surface area contributed by atoms with Gasteiger partial charge in [-0.1, -0.05) is 6.92 Å². The van der Waals surface area contributed by atoms with Gasteiger partial charge in [0, 0.05) is 0 Å². The molecule has 0 N–H and O–H groups in total. The van der Waals surface area contributed by atoms with E-state index >= 15 is 0 Å². The molecular formula is C17H29NO2. The highest BCUT2D eigenvalue weighted by Crippen LogP contribution is 2.61. The summed E-state index contributed by atoms with van der Waals surface area (Å²) in [5.74, 6) is 2.98. The fraction of sp³-hybridized carbons (Fsp3) is 0.941. The summed E-state index contributed by atoms with van der Waals surface area (Å²) in [5, 5.41) is 0. The molecule has 0 radical (unpaired) electrons. The van der Waals surface area contributed by atoms with Crippen molar-refractivity contribution in [3.63, 3.8) is 0 Å². The second-order valence-corrected chi connectivity index (χ2v) is 7.61. The van der Waals surface area contributed by atoms with E-state index in [4.69, 9.17) is 4.74 Å². The van der Waals surface area contributed by atoms with Crippen molar-refractivity contribution in [1.29, 1.82) is 0 Å². The molecule has 0 saturated heterocycles. The highest BCUT2D eigenvalue weighted by molar-refractivity contribution is 5.71. The van der Waals surface area contributed by atoms with E-state index in [-0.39, 0.29) is 5.97 Å². The highest BCUT2D eigenvalue weighted by Gasteiger charge is 2.50. The number of carbonyl (C=O) groups excluding carboxylic acids is 1. The minimum absolute atomic E-state index is 0.0997. The Morgan fingerprint density at radius 2 is 1.70 bits per heavy atom. The maximum atomic E-state index is 11.4. The molecular weight excluding hydrogens is 250 g/mol. The lowest BCUT2D eigenvalue weighted by atomic mass is 9.49. The first-order valence-electron chi connectivity index (χ1n) is 8.41. The van der Waals surface area contributed by atoms with Crippen molar-refractivity contribution in [3.05, 3.63) is 0 Å².